The molecule has 0 fully saturated rings. The average molecular weight is 243 g/mol. The third-order valence-corrected chi connectivity index (χ3v) is 3.83. The van der Waals surface area contributed by atoms with Gasteiger partial charge in [-0.1, -0.05) is 6.92 Å². The molecule has 16 heavy (non-hydrogen) atoms. The van der Waals surface area contributed by atoms with Gasteiger partial charge < -0.3 is 5.32 Å². The minimum absolute atomic E-state index is 0.0237. The molecule has 88 valence electrons. The number of benzene rings is 1. The Labute approximate surface area is 98.6 Å². The minimum atomic E-state index is -0.478. The molecule has 1 atom stereocenters. The van der Waals surface area contributed by atoms with E-state index in [2.05, 4.69) is 5.32 Å². The van der Waals surface area contributed by atoms with E-state index in [0.29, 0.717) is 11.3 Å². The van der Waals surface area contributed by atoms with Crippen molar-refractivity contribution in [3.63, 3.8) is 0 Å². The normalized spacial score (nSPS) is 20.3. The molecule has 1 unspecified atom stereocenters. The first-order valence-electron chi connectivity index (χ1n) is 5.51. The van der Waals surface area contributed by atoms with E-state index < -0.39 is 11.6 Å². The number of thioether (sulfide) groups is 1. The van der Waals surface area contributed by atoms with Crippen molar-refractivity contribution in [2.45, 2.75) is 25.1 Å². The molecule has 1 N–H and O–H groups in total. The highest BCUT2D eigenvalue weighted by atomic mass is 32.2. The first-order chi connectivity index (χ1) is 7.72. The molecular formula is C12H15F2NS. The third kappa shape index (κ3) is 2.38. The molecule has 1 aliphatic heterocycles. The summed E-state index contributed by atoms with van der Waals surface area (Å²) in [6.07, 6.45) is 0.897. The highest BCUT2D eigenvalue weighted by Gasteiger charge is 2.22. The predicted octanol–water partition coefficient (Wildman–Crippen LogP) is 3.25. The number of fused-ring (bicyclic) bond motifs is 1. The number of rotatable bonds is 2. The maximum absolute atomic E-state index is 13.8. The molecular weight excluding hydrogens is 228 g/mol. The topological polar surface area (TPSA) is 12.0 Å². The van der Waals surface area contributed by atoms with Crippen LogP contribution in [0, 0.1) is 11.6 Å². The summed E-state index contributed by atoms with van der Waals surface area (Å²) in [5, 5.41) is 3.27. The van der Waals surface area contributed by atoms with Crippen LogP contribution >= 0.6 is 11.8 Å². The molecule has 0 aromatic heterocycles. The summed E-state index contributed by atoms with van der Waals surface area (Å²) in [5.74, 6) is 0.789. The molecule has 1 nitrogen and oxygen atoms in total. The Hall–Kier alpha value is -0.610. The van der Waals surface area contributed by atoms with Crippen LogP contribution in [0.4, 0.5) is 8.78 Å². The van der Waals surface area contributed by atoms with Crippen LogP contribution in [0.15, 0.2) is 12.1 Å². The lowest BCUT2D eigenvalue weighted by Gasteiger charge is -2.18. The van der Waals surface area contributed by atoms with E-state index in [1.54, 1.807) is 11.8 Å². The Kier molecular flexibility index (Phi) is 3.82. The van der Waals surface area contributed by atoms with E-state index in [4.69, 9.17) is 0 Å². The summed E-state index contributed by atoms with van der Waals surface area (Å²) in [5.41, 5.74) is 1.46. The molecule has 1 aliphatic rings. The maximum Gasteiger partial charge on any atom is 0.131 e. The van der Waals surface area contributed by atoms with Crippen LogP contribution in [0.2, 0.25) is 0 Å². The number of nitrogens with one attached hydrogen (secondary N) is 1. The standard InChI is InChI=1S/C12H15F2NS/c1-2-15-11-3-4-16-7-8-5-9(13)6-10(14)12(8)11/h5-6,11,15H,2-4,7H2,1H3. The summed E-state index contributed by atoms with van der Waals surface area (Å²) in [4.78, 5) is 0. The van der Waals surface area contributed by atoms with Gasteiger partial charge in [0.15, 0.2) is 0 Å². The van der Waals surface area contributed by atoms with E-state index in [-0.39, 0.29) is 6.04 Å². The van der Waals surface area contributed by atoms with E-state index >= 15 is 0 Å². The molecule has 0 aliphatic carbocycles. The van der Waals surface area contributed by atoms with Crippen LogP contribution in [0.3, 0.4) is 0 Å². The Morgan fingerprint density at radius 2 is 2.25 bits per heavy atom. The monoisotopic (exact) mass is 243 g/mol. The van der Waals surface area contributed by atoms with Crippen molar-refractivity contribution in [1.29, 1.82) is 0 Å². The summed E-state index contributed by atoms with van der Waals surface area (Å²) >= 11 is 1.73. The SMILES string of the molecule is CCNC1CCSCc2cc(F)cc(F)c21. The molecule has 4 heteroatoms. The molecule has 0 amide bonds. The summed E-state index contributed by atoms with van der Waals surface area (Å²) in [7, 11) is 0. The fourth-order valence-corrected chi connectivity index (χ4v) is 3.13. The quantitative estimate of drug-likeness (QED) is 0.855. The predicted molar refractivity (Wildman–Crippen MR) is 63.6 cm³/mol. The Balaban J connectivity index is 2.43. The fraction of sp³-hybridized carbons (Fsp3) is 0.500. The van der Waals surface area contributed by atoms with Gasteiger partial charge in [-0.2, -0.15) is 11.8 Å². The molecule has 2 rings (SSSR count). The van der Waals surface area contributed by atoms with Crippen molar-refractivity contribution in [2.75, 3.05) is 12.3 Å². The second kappa shape index (κ2) is 5.15. The van der Waals surface area contributed by atoms with Gasteiger partial charge in [-0.15, -0.1) is 0 Å². The summed E-state index contributed by atoms with van der Waals surface area (Å²) in [6, 6.07) is 2.47. The molecule has 0 radical (unpaired) electrons. The zero-order chi connectivity index (χ0) is 11.5. The van der Waals surface area contributed by atoms with E-state index in [9.17, 15) is 8.78 Å². The molecule has 0 saturated heterocycles. The van der Waals surface area contributed by atoms with Crippen LogP contribution in [-0.4, -0.2) is 12.3 Å². The van der Waals surface area contributed by atoms with Gasteiger partial charge in [-0.25, -0.2) is 8.78 Å². The van der Waals surface area contributed by atoms with Crippen molar-refractivity contribution in [3.8, 4) is 0 Å². The highest BCUT2D eigenvalue weighted by Crippen LogP contribution is 2.32. The Morgan fingerprint density at radius 1 is 1.44 bits per heavy atom. The smallest absolute Gasteiger partial charge is 0.131 e. The summed E-state index contributed by atoms with van der Waals surface area (Å²) < 4.78 is 26.9. The lowest BCUT2D eigenvalue weighted by Crippen LogP contribution is -2.23. The van der Waals surface area contributed by atoms with Gasteiger partial charge >= 0.3 is 0 Å². The van der Waals surface area contributed by atoms with Gasteiger partial charge in [-0.3, -0.25) is 0 Å². The third-order valence-electron chi connectivity index (χ3n) is 2.79. The highest BCUT2D eigenvalue weighted by molar-refractivity contribution is 7.98. The van der Waals surface area contributed by atoms with E-state index in [0.717, 1.165) is 30.3 Å². The molecule has 0 saturated carbocycles. The van der Waals surface area contributed by atoms with Crippen molar-refractivity contribution in [1.82, 2.24) is 5.32 Å². The maximum atomic E-state index is 13.8. The fourth-order valence-electron chi connectivity index (χ4n) is 2.13. The molecule has 1 aromatic rings. The minimum Gasteiger partial charge on any atom is -0.310 e. The zero-order valence-corrected chi connectivity index (χ0v) is 10.0. The van der Waals surface area contributed by atoms with Crippen LogP contribution < -0.4 is 5.32 Å². The Morgan fingerprint density at radius 3 is 3.00 bits per heavy atom. The first-order valence-corrected chi connectivity index (χ1v) is 6.66. The number of hydrogen-bond donors (Lipinski definition) is 1. The van der Waals surface area contributed by atoms with Crippen LogP contribution in [0.5, 0.6) is 0 Å². The van der Waals surface area contributed by atoms with Crippen LogP contribution in [0.25, 0.3) is 0 Å². The van der Waals surface area contributed by atoms with Crippen molar-refractivity contribution >= 4 is 11.8 Å². The largest absolute Gasteiger partial charge is 0.310 e. The molecule has 0 bridgehead atoms. The first kappa shape index (κ1) is 11.9. The van der Waals surface area contributed by atoms with Crippen molar-refractivity contribution in [2.24, 2.45) is 0 Å². The van der Waals surface area contributed by atoms with Gasteiger partial charge in [0.1, 0.15) is 11.6 Å². The van der Waals surface area contributed by atoms with E-state index in [1.807, 2.05) is 6.92 Å². The number of halogens is 2. The molecule has 1 aromatic carbocycles. The molecule has 0 spiro atoms. The molecule has 1 heterocycles. The van der Waals surface area contributed by atoms with Crippen molar-refractivity contribution < 1.29 is 8.78 Å². The zero-order valence-electron chi connectivity index (χ0n) is 9.22. The van der Waals surface area contributed by atoms with Gasteiger partial charge in [0.2, 0.25) is 0 Å². The van der Waals surface area contributed by atoms with Crippen LogP contribution in [0.1, 0.15) is 30.5 Å². The second-order valence-electron chi connectivity index (χ2n) is 3.91. The summed E-state index contributed by atoms with van der Waals surface area (Å²) in [6.45, 7) is 2.80. The number of hydrogen-bond acceptors (Lipinski definition) is 2. The van der Waals surface area contributed by atoms with Crippen LogP contribution in [-0.2, 0) is 5.75 Å². The van der Waals surface area contributed by atoms with E-state index in [1.165, 1.54) is 6.07 Å². The van der Waals surface area contributed by atoms with Gasteiger partial charge in [0.05, 0.1) is 0 Å². The van der Waals surface area contributed by atoms with Gasteiger partial charge in [-0.05, 0) is 30.3 Å². The lowest BCUT2D eigenvalue weighted by molar-refractivity contribution is 0.495. The Bertz CT molecular complexity index is 382. The van der Waals surface area contributed by atoms with Gasteiger partial charge in [0, 0.05) is 23.4 Å². The lowest BCUT2D eigenvalue weighted by atomic mass is 9.98. The second-order valence-corrected chi connectivity index (χ2v) is 5.02. The average Bonchev–Trinajstić information content (AvgIpc) is 2.41. The van der Waals surface area contributed by atoms with Crippen molar-refractivity contribution in [3.05, 3.63) is 34.9 Å². The van der Waals surface area contributed by atoms with Gasteiger partial charge in [0.25, 0.3) is 0 Å².